The molecule has 140 valence electrons. The van der Waals surface area contributed by atoms with Gasteiger partial charge in [-0.25, -0.2) is 5.01 Å². The predicted molar refractivity (Wildman–Crippen MR) is 112 cm³/mol. The molecule has 7 heteroatoms. The lowest BCUT2D eigenvalue weighted by Gasteiger charge is -2.37. The molecule has 1 heterocycles. The van der Waals surface area contributed by atoms with E-state index >= 15 is 0 Å². The van der Waals surface area contributed by atoms with Crippen LogP contribution in [0.5, 0.6) is 0 Å². The van der Waals surface area contributed by atoms with E-state index in [1.165, 1.54) is 5.01 Å². The highest BCUT2D eigenvalue weighted by Gasteiger charge is 2.34. The van der Waals surface area contributed by atoms with Crippen molar-refractivity contribution in [1.82, 2.24) is 10.4 Å². The lowest BCUT2D eigenvalue weighted by Crippen LogP contribution is -2.52. The monoisotopic (exact) mass is 455 g/mol. The highest BCUT2D eigenvalue weighted by atomic mass is 79.9. The summed E-state index contributed by atoms with van der Waals surface area (Å²) in [6, 6.07) is 21.4. The number of anilines is 1. The highest BCUT2D eigenvalue weighted by molar-refractivity contribution is 9.10. The van der Waals surface area contributed by atoms with E-state index in [0.29, 0.717) is 21.8 Å². The van der Waals surface area contributed by atoms with Gasteiger partial charge in [0.25, 0.3) is 11.8 Å². The molecular weight excluding hydrogens is 442 g/mol. The minimum atomic E-state index is -0.543. The lowest BCUT2D eigenvalue weighted by atomic mass is 10.0. The fraction of sp³-hybridized carbons (Fsp3) is 0.0476. The van der Waals surface area contributed by atoms with Crippen molar-refractivity contribution in [3.05, 3.63) is 99.0 Å². The fourth-order valence-corrected chi connectivity index (χ4v) is 3.52. The molecule has 1 aliphatic heterocycles. The summed E-state index contributed by atoms with van der Waals surface area (Å²) in [6.07, 6.45) is -0.543. The topological polar surface area (TPSA) is 61.4 Å². The van der Waals surface area contributed by atoms with Crippen LogP contribution in [0, 0.1) is 0 Å². The standard InChI is InChI=1S/C21H15BrClN3O2/c22-15-8-11-18-17(12-15)21(28)26(19(24-18)13-4-2-1-3-5-13)25-20(27)14-6-9-16(23)10-7-14/h1-12,19,24H,(H,25,27). The smallest absolute Gasteiger partial charge is 0.276 e. The van der Waals surface area contributed by atoms with Gasteiger partial charge in [0.15, 0.2) is 0 Å². The Kier molecular flexibility index (Phi) is 5.07. The zero-order chi connectivity index (χ0) is 19.7. The number of benzene rings is 3. The minimum Gasteiger partial charge on any atom is -0.359 e. The Bertz CT molecular complexity index is 1040. The van der Waals surface area contributed by atoms with Crippen molar-refractivity contribution in [3.8, 4) is 0 Å². The van der Waals surface area contributed by atoms with Crippen molar-refractivity contribution < 1.29 is 9.59 Å². The second kappa shape index (κ2) is 7.66. The van der Waals surface area contributed by atoms with E-state index in [1.807, 2.05) is 42.5 Å². The van der Waals surface area contributed by atoms with Gasteiger partial charge in [-0.1, -0.05) is 57.9 Å². The van der Waals surface area contributed by atoms with Crippen LogP contribution in [-0.4, -0.2) is 16.8 Å². The molecule has 2 N–H and O–H groups in total. The van der Waals surface area contributed by atoms with Crippen molar-refractivity contribution in [2.45, 2.75) is 6.17 Å². The molecule has 0 aliphatic carbocycles. The Morgan fingerprint density at radius 3 is 2.46 bits per heavy atom. The molecular formula is C21H15BrClN3O2. The molecule has 2 amide bonds. The van der Waals surface area contributed by atoms with E-state index in [1.54, 1.807) is 30.3 Å². The van der Waals surface area contributed by atoms with Crippen LogP contribution in [0.15, 0.2) is 77.3 Å². The minimum absolute atomic E-state index is 0.300. The van der Waals surface area contributed by atoms with Gasteiger partial charge in [0, 0.05) is 20.7 Å². The third-order valence-corrected chi connectivity index (χ3v) is 5.17. The Morgan fingerprint density at radius 1 is 1.04 bits per heavy atom. The fourth-order valence-electron chi connectivity index (χ4n) is 3.04. The van der Waals surface area contributed by atoms with E-state index in [9.17, 15) is 9.59 Å². The summed E-state index contributed by atoms with van der Waals surface area (Å²) >= 11 is 9.29. The Labute approximate surface area is 175 Å². The molecule has 0 saturated carbocycles. The maximum absolute atomic E-state index is 13.2. The van der Waals surface area contributed by atoms with Gasteiger partial charge in [-0.3, -0.25) is 15.0 Å². The molecule has 1 atom stereocenters. The molecule has 0 saturated heterocycles. The molecule has 1 unspecified atom stereocenters. The van der Waals surface area contributed by atoms with Crippen molar-refractivity contribution in [3.63, 3.8) is 0 Å². The number of amides is 2. The van der Waals surface area contributed by atoms with Crippen molar-refractivity contribution in [2.75, 3.05) is 5.32 Å². The van der Waals surface area contributed by atoms with E-state index in [-0.39, 0.29) is 5.91 Å². The maximum atomic E-state index is 13.2. The van der Waals surface area contributed by atoms with Gasteiger partial charge in [0.2, 0.25) is 0 Å². The van der Waals surface area contributed by atoms with E-state index in [2.05, 4.69) is 26.7 Å². The average Bonchev–Trinajstić information content (AvgIpc) is 2.71. The molecule has 3 aromatic rings. The number of carbonyl (C=O) groups excluding carboxylic acids is 2. The van der Waals surface area contributed by atoms with Crippen molar-refractivity contribution >= 4 is 45.0 Å². The molecule has 28 heavy (non-hydrogen) atoms. The Hall–Kier alpha value is -2.83. The summed E-state index contributed by atoms with van der Waals surface area (Å²) in [5.41, 5.74) is 5.17. The number of nitrogens with one attached hydrogen (secondary N) is 2. The van der Waals surface area contributed by atoms with Crippen molar-refractivity contribution in [2.24, 2.45) is 0 Å². The number of hydrazine groups is 1. The van der Waals surface area contributed by atoms with Gasteiger partial charge >= 0.3 is 0 Å². The largest absolute Gasteiger partial charge is 0.359 e. The van der Waals surface area contributed by atoms with Gasteiger partial charge in [-0.15, -0.1) is 0 Å². The summed E-state index contributed by atoms with van der Waals surface area (Å²) in [5, 5.41) is 5.19. The first kappa shape index (κ1) is 18.5. The van der Waals surface area contributed by atoms with E-state index in [0.717, 1.165) is 10.0 Å². The number of hydrogen-bond donors (Lipinski definition) is 2. The number of halogens is 2. The van der Waals surface area contributed by atoms with Crippen LogP contribution >= 0.6 is 27.5 Å². The van der Waals surface area contributed by atoms with E-state index < -0.39 is 12.1 Å². The maximum Gasteiger partial charge on any atom is 0.276 e. The molecule has 5 nitrogen and oxygen atoms in total. The second-order valence-corrected chi connectivity index (χ2v) is 7.62. The van der Waals surface area contributed by atoms with Crippen LogP contribution in [-0.2, 0) is 0 Å². The molecule has 0 fully saturated rings. The number of rotatable bonds is 3. The second-order valence-electron chi connectivity index (χ2n) is 6.27. The molecule has 0 spiro atoms. The molecule has 0 radical (unpaired) electrons. The van der Waals surface area contributed by atoms with Gasteiger partial charge in [-0.05, 0) is 48.0 Å². The number of carbonyl (C=O) groups is 2. The third-order valence-electron chi connectivity index (χ3n) is 4.42. The first-order valence-corrected chi connectivity index (χ1v) is 9.71. The molecule has 4 rings (SSSR count). The summed E-state index contributed by atoms with van der Waals surface area (Å²) in [4.78, 5) is 25.9. The number of hydrogen-bond acceptors (Lipinski definition) is 3. The SMILES string of the molecule is O=C(NN1C(=O)c2cc(Br)ccc2NC1c1ccccc1)c1ccc(Cl)cc1. The first-order valence-electron chi connectivity index (χ1n) is 8.54. The molecule has 0 bridgehead atoms. The van der Waals surface area contributed by atoms with Crippen LogP contribution in [0.2, 0.25) is 5.02 Å². The molecule has 0 aromatic heterocycles. The number of fused-ring (bicyclic) bond motifs is 1. The Morgan fingerprint density at radius 2 is 1.75 bits per heavy atom. The normalized spacial score (nSPS) is 15.6. The lowest BCUT2D eigenvalue weighted by molar-refractivity contribution is 0.0491. The van der Waals surface area contributed by atoms with Gasteiger partial charge in [0.05, 0.1) is 5.56 Å². The summed E-state index contributed by atoms with van der Waals surface area (Å²) in [5.74, 6) is -0.697. The van der Waals surface area contributed by atoms with Gasteiger partial charge in [-0.2, -0.15) is 0 Å². The molecule has 3 aromatic carbocycles. The first-order chi connectivity index (χ1) is 13.5. The van der Waals surface area contributed by atoms with Crippen molar-refractivity contribution in [1.29, 1.82) is 0 Å². The average molecular weight is 457 g/mol. The van der Waals surface area contributed by atoms with Crippen LogP contribution in [0.1, 0.15) is 32.4 Å². The highest BCUT2D eigenvalue weighted by Crippen LogP contribution is 2.33. The van der Waals surface area contributed by atoms with Crippen LogP contribution in [0.3, 0.4) is 0 Å². The van der Waals surface area contributed by atoms with Crippen LogP contribution < -0.4 is 10.7 Å². The third kappa shape index (κ3) is 3.61. The Balaban J connectivity index is 1.71. The quantitative estimate of drug-likeness (QED) is 0.582. The predicted octanol–water partition coefficient (Wildman–Crippen LogP) is 5.01. The van der Waals surface area contributed by atoms with Gasteiger partial charge in [0.1, 0.15) is 6.17 Å². The van der Waals surface area contributed by atoms with Gasteiger partial charge < -0.3 is 5.32 Å². The summed E-state index contributed by atoms with van der Waals surface area (Å²) < 4.78 is 0.781. The summed E-state index contributed by atoms with van der Waals surface area (Å²) in [7, 11) is 0. The van der Waals surface area contributed by atoms with E-state index in [4.69, 9.17) is 11.6 Å². The zero-order valence-corrected chi connectivity index (χ0v) is 16.9. The van der Waals surface area contributed by atoms with Crippen LogP contribution in [0.4, 0.5) is 5.69 Å². The number of nitrogens with zero attached hydrogens (tertiary/aromatic N) is 1. The summed E-state index contributed by atoms with van der Waals surface area (Å²) in [6.45, 7) is 0. The zero-order valence-electron chi connectivity index (χ0n) is 14.5. The molecule has 1 aliphatic rings. The van der Waals surface area contributed by atoms with Crippen LogP contribution in [0.25, 0.3) is 0 Å².